The lowest BCUT2D eigenvalue weighted by Gasteiger charge is -2.06. The highest BCUT2D eigenvalue weighted by molar-refractivity contribution is 5.73. The topological polar surface area (TPSA) is 60.9 Å². The van der Waals surface area contributed by atoms with Gasteiger partial charge in [0.1, 0.15) is 12.4 Å². The molecule has 0 unspecified atom stereocenters. The second-order valence-corrected chi connectivity index (χ2v) is 3.54. The largest absolute Gasteiger partial charge is 0.368 e. The summed E-state index contributed by atoms with van der Waals surface area (Å²) in [5, 5.41) is 0. The standard InChI is InChI=1S/C9H15N3O/c1-7(2)5-9-11-3-4-12(9)6-8(10)13/h3-4,7H,5-6H2,1-2H3,(H2,10,13). The zero-order valence-corrected chi connectivity index (χ0v) is 8.03. The van der Waals surface area contributed by atoms with Crippen molar-refractivity contribution in [1.82, 2.24) is 9.55 Å². The number of primary amides is 1. The van der Waals surface area contributed by atoms with E-state index in [0.717, 1.165) is 12.2 Å². The fraction of sp³-hybridized carbons (Fsp3) is 0.556. The average Bonchev–Trinajstić information content (AvgIpc) is 2.34. The van der Waals surface area contributed by atoms with Gasteiger partial charge >= 0.3 is 0 Å². The van der Waals surface area contributed by atoms with E-state index in [4.69, 9.17) is 5.73 Å². The zero-order chi connectivity index (χ0) is 9.84. The molecule has 0 fully saturated rings. The summed E-state index contributed by atoms with van der Waals surface area (Å²) in [5.41, 5.74) is 5.10. The van der Waals surface area contributed by atoms with Crippen molar-refractivity contribution in [2.45, 2.75) is 26.8 Å². The Morgan fingerprint density at radius 2 is 2.38 bits per heavy atom. The van der Waals surface area contributed by atoms with Gasteiger partial charge < -0.3 is 10.3 Å². The summed E-state index contributed by atoms with van der Waals surface area (Å²) in [6, 6.07) is 0. The molecule has 0 aliphatic rings. The Hall–Kier alpha value is -1.32. The first kappa shape index (κ1) is 9.77. The smallest absolute Gasteiger partial charge is 0.237 e. The van der Waals surface area contributed by atoms with Crippen LogP contribution in [0.5, 0.6) is 0 Å². The number of rotatable bonds is 4. The van der Waals surface area contributed by atoms with E-state index in [1.54, 1.807) is 17.0 Å². The van der Waals surface area contributed by atoms with Gasteiger partial charge in [0.05, 0.1) is 0 Å². The molecule has 0 radical (unpaired) electrons. The van der Waals surface area contributed by atoms with Crippen LogP contribution in [0, 0.1) is 5.92 Å². The molecule has 0 atom stereocenters. The zero-order valence-electron chi connectivity index (χ0n) is 8.03. The average molecular weight is 181 g/mol. The van der Waals surface area contributed by atoms with Crippen LogP contribution in [-0.2, 0) is 17.8 Å². The molecule has 13 heavy (non-hydrogen) atoms. The number of nitrogens with two attached hydrogens (primary N) is 1. The molecule has 0 aliphatic heterocycles. The fourth-order valence-electron chi connectivity index (χ4n) is 1.21. The first-order chi connectivity index (χ1) is 6.09. The Labute approximate surface area is 77.8 Å². The van der Waals surface area contributed by atoms with Crippen molar-refractivity contribution in [3.05, 3.63) is 18.2 Å². The normalized spacial score (nSPS) is 10.7. The number of imidazole rings is 1. The van der Waals surface area contributed by atoms with Crippen molar-refractivity contribution >= 4 is 5.91 Å². The first-order valence-electron chi connectivity index (χ1n) is 4.38. The summed E-state index contributed by atoms with van der Waals surface area (Å²) in [4.78, 5) is 14.8. The highest BCUT2D eigenvalue weighted by Crippen LogP contribution is 2.05. The number of amides is 1. The first-order valence-corrected chi connectivity index (χ1v) is 4.38. The third-order valence-electron chi connectivity index (χ3n) is 1.72. The van der Waals surface area contributed by atoms with Crippen LogP contribution in [0.1, 0.15) is 19.7 Å². The third-order valence-corrected chi connectivity index (χ3v) is 1.72. The predicted molar refractivity (Wildman–Crippen MR) is 50.0 cm³/mol. The molecule has 0 bridgehead atoms. The van der Waals surface area contributed by atoms with Gasteiger partial charge in [-0.3, -0.25) is 4.79 Å². The molecule has 72 valence electrons. The van der Waals surface area contributed by atoms with E-state index in [1.165, 1.54) is 0 Å². The molecule has 1 amide bonds. The molecule has 4 nitrogen and oxygen atoms in total. The summed E-state index contributed by atoms with van der Waals surface area (Å²) in [7, 11) is 0. The molecule has 0 aliphatic carbocycles. The Morgan fingerprint density at radius 3 is 2.92 bits per heavy atom. The highest BCUT2D eigenvalue weighted by atomic mass is 16.1. The van der Waals surface area contributed by atoms with Crippen molar-refractivity contribution in [3.63, 3.8) is 0 Å². The van der Waals surface area contributed by atoms with Crippen LogP contribution >= 0.6 is 0 Å². The summed E-state index contributed by atoms with van der Waals surface area (Å²) >= 11 is 0. The van der Waals surface area contributed by atoms with Crippen LogP contribution in [0.3, 0.4) is 0 Å². The van der Waals surface area contributed by atoms with Gasteiger partial charge in [-0.25, -0.2) is 4.98 Å². The van der Waals surface area contributed by atoms with Gasteiger partial charge in [0.25, 0.3) is 0 Å². The van der Waals surface area contributed by atoms with Crippen LogP contribution in [0.2, 0.25) is 0 Å². The van der Waals surface area contributed by atoms with E-state index < -0.39 is 0 Å². The van der Waals surface area contributed by atoms with E-state index in [9.17, 15) is 4.79 Å². The summed E-state index contributed by atoms with van der Waals surface area (Å²) in [6.07, 6.45) is 4.35. The summed E-state index contributed by atoms with van der Waals surface area (Å²) in [6.45, 7) is 4.45. The summed E-state index contributed by atoms with van der Waals surface area (Å²) < 4.78 is 1.79. The lowest BCUT2D eigenvalue weighted by molar-refractivity contribution is -0.118. The minimum Gasteiger partial charge on any atom is -0.368 e. The number of nitrogens with zero attached hydrogens (tertiary/aromatic N) is 2. The molecule has 0 spiro atoms. The molecular weight excluding hydrogens is 166 g/mol. The monoisotopic (exact) mass is 181 g/mol. The molecule has 1 aromatic rings. The lowest BCUT2D eigenvalue weighted by atomic mass is 10.1. The van der Waals surface area contributed by atoms with Crippen LogP contribution in [0.25, 0.3) is 0 Å². The van der Waals surface area contributed by atoms with Crippen LogP contribution in [0.15, 0.2) is 12.4 Å². The molecule has 0 saturated heterocycles. The van der Waals surface area contributed by atoms with Gasteiger partial charge in [-0.2, -0.15) is 0 Å². The lowest BCUT2D eigenvalue weighted by Crippen LogP contribution is -2.20. The Balaban J connectivity index is 2.71. The van der Waals surface area contributed by atoms with Gasteiger partial charge in [-0.15, -0.1) is 0 Å². The van der Waals surface area contributed by atoms with E-state index >= 15 is 0 Å². The second-order valence-electron chi connectivity index (χ2n) is 3.54. The van der Waals surface area contributed by atoms with E-state index in [0.29, 0.717) is 5.92 Å². The number of hydrogen-bond donors (Lipinski definition) is 1. The molecule has 1 aromatic heterocycles. The van der Waals surface area contributed by atoms with Crippen LogP contribution < -0.4 is 5.73 Å². The van der Waals surface area contributed by atoms with Gasteiger partial charge in [-0.1, -0.05) is 13.8 Å². The van der Waals surface area contributed by atoms with Gasteiger partial charge in [-0.05, 0) is 5.92 Å². The molecule has 1 rings (SSSR count). The van der Waals surface area contributed by atoms with Gasteiger partial charge in [0.15, 0.2) is 0 Å². The maximum absolute atomic E-state index is 10.7. The molecular formula is C9H15N3O. The number of aromatic nitrogens is 2. The van der Waals surface area contributed by atoms with Crippen molar-refractivity contribution in [1.29, 1.82) is 0 Å². The fourth-order valence-corrected chi connectivity index (χ4v) is 1.21. The van der Waals surface area contributed by atoms with Crippen molar-refractivity contribution in [3.8, 4) is 0 Å². The predicted octanol–water partition coefficient (Wildman–Crippen LogP) is 0.567. The minimum absolute atomic E-state index is 0.224. The quantitative estimate of drug-likeness (QED) is 0.738. The van der Waals surface area contributed by atoms with Crippen LogP contribution in [0.4, 0.5) is 0 Å². The number of hydrogen-bond acceptors (Lipinski definition) is 2. The molecule has 2 N–H and O–H groups in total. The Bertz CT molecular complexity index is 291. The third kappa shape index (κ3) is 2.89. The molecule has 4 heteroatoms. The molecule has 0 aromatic carbocycles. The van der Waals surface area contributed by atoms with E-state index in [2.05, 4.69) is 18.8 Å². The Kier molecular flexibility index (Phi) is 3.06. The molecule has 0 saturated carbocycles. The molecule has 1 heterocycles. The Morgan fingerprint density at radius 1 is 1.69 bits per heavy atom. The SMILES string of the molecule is CC(C)Cc1nccn1CC(N)=O. The highest BCUT2D eigenvalue weighted by Gasteiger charge is 2.06. The summed E-state index contributed by atoms with van der Waals surface area (Å²) in [5.74, 6) is 1.13. The maximum atomic E-state index is 10.7. The van der Waals surface area contributed by atoms with Crippen molar-refractivity contribution in [2.75, 3.05) is 0 Å². The number of carbonyl (C=O) groups is 1. The van der Waals surface area contributed by atoms with Gasteiger partial charge in [0, 0.05) is 18.8 Å². The second kappa shape index (κ2) is 4.07. The number of carbonyl (C=O) groups excluding carboxylic acids is 1. The van der Waals surface area contributed by atoms with Crippen molar-refractivity contribution in [2.24, 2.45) is 11.7 Å². The van der Waals surface area contributed by atoms with E-state index in [-0.39, 0.29) is 12.5 Å². The van der Waals surface area contributed by atoms with Crippen molar-refractivity contribution < 1.29 is 4.79 Å². The maximum Gasteiger partial charge on any atom is 0.237 e. The minimum atomic E-state index is -0.331. The van der Waals surface area contributed by atoms with Gasteiger partial charge in [0.2, 0.25) is 5.91 Å². The van der Waals surface area contributed by atoms with E-state index in [1.807, 2.05) is 0 Å². The van der Waals surface area contributed by atoms with Crippen LogP contribution in [-0.4, -0.2) is 15.5 Å².